The number of methoxy groups -OCH3 is 1. The Morgan fingerprint density at radius 1 is 1.80 bits per heavy atom. The average Bonchev–Trinajstić information content (AvgIpc) is 1.95. The first kappa shape index (κ1) is 6.53. The van der Waals surface area contributed by atoms with Crippen LogP contribution in [0.25, 0.3) is 0 Å². The minimum atomic E-state index is -0.452. The summed E-state index contributed by atoms with van der Waals surface area (Å²) in [4.78, 5) is 10.7. The van der Waals surface area contributed by atoms with E-state index in [1.807, 2.05) is 0 Å². The molecule has 0 aliphatic carbocycles. The number of hydrogen-bond acceptors (Lipinski definition) is 5. The monoisotopic (exact) mass is 142 g/mol. The molecular weight excluding hydrogens is 136 g/mol. The van der Waals surface area contributed by atoms with Crippen LogP contribution in [0.1, 0.15) is 0 Å². The zero-order chi connectivity index (χ0) is 7.56. The predicted molar refractivity (Wildman–Crippen MR) is 33.0 cm³/mol. The summed E-state index contributed by atoms with van der Waals surface area (Å²) in [6.07, 6.45) is 1.00. The van der Waals surface area contributed by atoms with Gasteiger partial charge in [0.05, 0.1) is 7.11 Å². The Labute approximate surface area is 56.2 Å². The molecule has 2 N–H and O–H groups in total. The minimum absolute atomic E-state index is 0.00694. The van der Waals surface area contributed by atoms with Crippen LogP contribution in [-0.4, -0.2) is 22.0 Å². The van der Waals surface area contributed by atoms with Gasteiger partial charge in [0.25, 0.3) is 5.56 Å². The summed E-state index contributed by atoms with van der Waals surface area (Å²) in [5, 5.41) is 6.75. The fraction of sp³-hybridized carbons (Fsp3) is 0.250. The Morgan fingerprint density at radius 3 is 3.00 bits per heavy atom. The van der Waals surface area contributed by atoms with Crippen LogP contribution in [0.15, 0.2) is 11.0 Å². The van der Waals surface area contributed by atoms with Gasteiger partial charge in [-0.15, -0.1) is 5.10 Å². The first-order valence-electron chi connectivity index (χ1n) is 2.49. The fourth-order valence-electron chi connectivity index (χ4n) is 0.471. The van der Waals surface area contributed by atoms with E-state index in [0.29, 0.717) is 0 Å². The van der Waals surface area contributed by atoms with Gasteiger partial charge in [0.1, 0.15) is 6.20 Å². The van der Waals surface area contributed by atoms with E-state index in [-0.39, 0.29) is 6.01 Å². The lowest BCUT2D eigenvalue weighted by atomic mass is 10.8. The molecule has 0 saturated carbocycles. The van der Waals surface area contributed by atoms with Gasteiger partial charge in [-0.05, 0) is 0 Å². The molecule has 0 amide bonds. The van der Waals surface area contributed by atoms with E-state index >= 15 is 0 Å². The molecule has 0 aromatic carbocycles. The lowest BCUT2D eigenvalue weighted by molar-refractivity contribution is 0.354. The van der Waals surface area contributed by atoms with E-state index in [1.165, 1.54) is 7.11 Å². The highest BCUT2D eigenvalue weighted by molar-refractivity contribution is 4.92. The van der Waals surface area contributed by atoms with Gasteiger partial charge >= 0.3 is 6.01 Å². The van der Waals surface area contributed by atoms with E-state index < -0.39 is 5.56 Å². The zero-order valence-electron chi connectivity index (χ0n) is 5.31. The van der Waals surface area contributed by atoms with Gasteiger partial charge in [-0.25, -0.2) is 0 Å². The number of nitrogen functional groups attached to an aromatic ring is 1. The highest BCUT2D eigenvalue weighted by atomic mass is 16.5. The van der Waals surface area contributed by atoms with E-state index in [2.05, 4.69) is 14.9 Å². The number of hydrogen-bond donors (Lipinski definition) is 1. The van der Waals surface area contributed by atoms with Crippen molar-refractivity contribution in [3.8, 4) is 6.01 Å². The second-order valence-corrected chi connectivity index (χ2v) is 1.54. The zero-order valence-corrected chi connectivity index (χ0v) is 5.31. The van der Waals surface area contributed by atoms with Crippen LogP contribution in [0.3, 0.4) is 0 Å². The Kier molecular flexibility index (Phi) is 1.53. The lowest BCUT2D eigenvalue weighted by Crippen LogP contribution is -2.29. The Hall–Kier alpha value is -1.59. The van der Waals surface area contributed by atoms with Gasteiger partial charge in [0.2, 0.25) is 0 Å². The van der Waals surface area contributed by atoms with Crippen molar-refractivity contribution in [1.82, 2.24) is 14.9 Å². The second-order valence-electron chi connectivity index (χ2n) is 1.54. The summed E-state index contributed by atoms with van der Waals surface area (Å²) in [6, 6.07) is -0.00694. The highest BCUT2D eigenvalue weighted by Crippen LogP contribution is 1.91. The average molecular weight is 142 g/mol. The number of rotatable bonds is 1. The minimum Gasteiger partial charge on any atom is -0.466 e. The van der Waals surface area contributed by atoms with Gasteiger partial charge < -0.3 is 10.6 Å². The van der Waals surface area contributed by atoms with Crippen LogP contribution in [0.4, 0.5) is 0 Å². The molecule has 1 heterocycles. The number of aromatic nitrogens is 3. The maximum absolute atomic E-state index is 10.7. The number of ether oxygens (including phenoxy) is 1. The summed E-state index contributed by atoms with van der Waals surface area (Å²) in [7, 11) is 1.35. The van der Waals surface area contributed by atoms with Crippen molar-refractivity contribution >= 4 is 0 Å². The molecule has 54 valence electrons. The topological polar surface area (TPSA) is 83.0 Å². The van der Waals surface area contributed by atoms with Crippen molar-refractivity contribution in [3.63, 3.8) is 0 Å². The van der Waals surface area contributed by atoms with Crippen LogP contribution in [-0.2, 0) is 0 Å². The molecule has 0 unspecified atom stereocenters. The summed E-state index contributed by atoms with van der Waals surface area (Å²) >= 11 is 0. The quantitative estimate of drug-likeness (QED) is 0.475. The Balaban J connectivity index is 3.28. The number of nitrogens with zero attached hydrogens (tertiary/aromatic N) is 3. The molecule has 1 rings (SSSR count). The van der Waals surface area contributed by atoms with Crippen molar-refractivity contribution in [2.45, 2.75) is 0 Å². The molecule has 10 heavy (non-hydrogen) atoms. The summed E-state index contributed by atoms with van der Waals surface area (Å²) in [6.45, 7) is 0. The van der Waals surface area contributed by atoms with Crippen LogP contribution in [0, 0.1) is 0 Å². The molecule has 0 aliphatic heterocycles. The molecular formula is C4H6N4O2. The molecule has 6 heteroatoms. The second kappa shape index (κ2) is 2.34. The van der Waals surface area contributed by atoms with Crippen molar-refractivity contribution in [2.75, 3.05) is 13.0 Å². The van der Waals surface area contributed by atoms with Gasteiger partial charge in [-0.1, -0.05) is 5.10 Å². The molecule has 0 radical (unpaired) electrons. The lowest BCUT2D eigenvalue weighted by Gasteiger charge is -2.00. The first-order chi connectivity index (χ1) is 4.75. The van der Waals surface area contributed by atoms with Gasteiger partial charge in [0, 0.05) is 0 Å². The maximum Gasteiger partial charge on any atom is 0.337 e. The van der Waals surface area contributed by atoms with Crippen molar-refractivity contribution in [1.29, 1.82) is 0 Å². The smallest absolute Gasteiger partial charge is 0.337 e. The van der Waals surface area contributed by atoms with Crippen LogP contribution < -0.4 is 16.1 Å². The fourth-order valence-corrected chi connectivity index (χ4v) is 0.471. The molecule has 0 atom stereocenters. The van der Waals surface area contributed by atoms with E-state index in [9.17, 15) is 4.79 Å². The molecule has 0 aliphatic rings. The molecule has 1 aromatic heterocycles. The summed E-state index contributed by atoms with van der Waals surface area (Å²) in [5.41, 5.74) is -0.452. The highest BCUT2D eigenvalue weighted by Gasteiger charge is 1.99. The molecule has 0 spiro atoms. The van der Waals surface area contributed by atoms with Gasteiger partial charge in [0.15, 0.2) is 0 Å². The third-order valence-corrected chi connectivity index (χ3v) is 0.938. The van der Waals surface area contributed by atoms with Gasteiger partial charge in [-0.2, -0.15) is 4.68 Å². The van der Waals surface area contributed by atoms with E-state index in [1.54, 1.807) is 0 Å². The third kappa shape index (κ3) is 0.903. The van der Waals surface area contributed by atoms with Crippen LogP contribution in [0.2, 0.25) is 0 Å². The molecule has 6 nitrogen and oxygen atoms in total. The van der Waals surface area contributed by atoms with Crippen molar-refractivity contribution in [3.05, 3.63) is 16.6 Å². The van der Waals surface area contributed by atoms with Crippen LogP contribution in [0.5, 0.6) is 6.01 Å². The predicted octanol–water partition coefficient (Wildman–Crippen LogP) is -1.64. The van der Waals surface area contributed by atoms with Gasteiger partial charge in [-0.3, -0.25) is 4.79 Å². The number of nitrogens with two attached hydrogens (primary N) is 1. The third-order valence-electron chi connectivity index (χ3n) is 0.938. The Morgan fingerprint density at radius 2 is 2.50 bits per heavy atom. The SMILES string of the molecule is COc1nncc(=O)n1N. The van der Waals surface area contributed by atoms with Crippen molar-refractivity contribution in [2.24, 2.45) is 0 Å². The maximum atomic E-state index is 10.7. The summed E-state index contributed by atoms with van der Waals surface area (Å²) < 4.78 is 5.36. The molecule has 0 fully saturated rings. The Bertz CT molecular complexity index is 281. The van der Waals surface area contributed by atoms with Crippen LogP contribution >= 0.6 is 0 Å². The largest absolute Gasteiger partial charge is 0.466 e. The summed E-state index contributed by atoms with van der Waals surface area (Å²) in [5.74, 6) is 5.17. The van der Waals surface area contributed by atoms with E-state index in [0.717, 1.165) is 10.9 Å². The molecule has 1 aromatic rings. The normalized spacial score (nSPS) is 9.30. The molecule has 0 bridgehead atoms. The standard InChI is InChI=1S/C4H6N4O2/c1-10-4-7-6-2-3(9)8(4)5/h2H,5H2,1H3. The van der Waals surface area contributed by atoms with Crippen molar-refractivity contribution < 1.29 is 4.74 Å². The van der Waals surface area contributed by atoms with E-state index in [4.69, 9.17) is 5.84 Å². The molecule has 0 saturated heterocycles. The first-order valence-corrected chi connectivity index (χ1v) is 2.49.